The minimum Gasteiger partial charge on any atom is -0.462 e. The summed E-state index contributed by atoms with van der Waals surface area (Å²) in [6, 6.07) is 0. The summed E-state index contributed by atoms with van der Waals surface area (Å²) in [5.74, 6) is -0.913. The maximum Gasteiger partial charge on any atom is 0.306 e. The van der Waals surface area contributed by atoms with E-state index in [1.54, 1.807) is 0 Å². The van der Waals surface area contributed by atoms with E-state index in [2.05, 4.69) is 69.4 Å². The van der Waals surface area contributed by atoms with Crippen LogP contribution in [0.25, 0.3) is 0 Å². The molecular formula is C65H118O6. The SMILES string of the molecule is CC/C=C\C/C=C\C/C=C\C/C=C\CCCCC(=O)OC(COC(=O)CCCCCCCCCCCC)COC(=O)CCCCCCCCCCCCCCCCCCCCCCCCCCCCCC. The van der Waals surface area contributed by atoms with Crippen molar-refractivity contribution in [2.75, 3.05) is 13.2 Å². The number of esters is 3. The second kappa shape index (κ2) is 59.9. The maximum absolute atomic E-state index is 12.8. The predicted octanol–water partition coefficient (Wildman–Crippen LogP) is 21.0. The number of hydrogen-bond donors (Lipinski definition) is 0. The number of rotatable bonds is 57. The summed E-state index contributed by atoms with van der Waals surface area (Å²) < 4.78 is 16.8. The van der Waals surface area contributed by atoms with E-state index in [0.717, 1.165) is 77.0 Å². The van der Waals surface area contributed by atoms with Crippen LogP contribution in [0.3, 0.4) is 0 Å². The molecule has 0 saturated carbocycles. The highest BCUT2D eigenvalue weighted by molar-refractivity contribution is 5.71. The van der Waals surface area contributed by atoms with Crippen molar-refractivity contribution in [3.63, 3.8) is 0 Å². The lowest BCUT2D eigenvalue weighted by molar-refractivity contribution is -0.167. The van der Waals surface area contributed by atoms with E-state index in [9.17, 15) is 14.4 Å². The van der Waals surface area contributed by atoms with E-state index < -0.39 is 6.10 Å². The van der Waals surface area contributed by atoms with Crippen molar-refractivity contribution in [2.45, 2.75) is 335 Å². The molecule has 0 aromatic heterocycles. The molecule has 0 aliphatic carbocycles. The molecule has 0 bridgehead atoms. The van der Waals surface area contributed by atoms with Gasteiger partial charge in [0.1, 0.15) is 13.2 Å². The lowest BCUT2D eigenvalue weighted by atomic mass is 10.0. The Labute approximate surface area is 441 Å². The monoisotopic (exact) mass is 995 g/mol. The predicted molar refractivity (Wildman–Crippen MR) is 307 cm³/mol. The first kappa shape index (κ1) is 68.4. The van der Waals surface area contributed by atoms with Crippen LogP contribution in [0.4, 0.5) is 0 Å². The Morgan fingerprint density at radius 3 is 0.859 bits per heavy atom. The van der Waals surface area contributed by atoms with E-state index in [0.29, 0.717) is 19.3 Å². The molecule has 0 aromatic carbocycles. The summed E-state index contributed by atoms with van der Waals surface area (Å²) >= 11 is 0. The molecule has 0 rings (SSSR count). The highest BCUT2D eigenvalue weighted by Crippen LogP contribution is 2.18. The fraction of sp³-hybridized carbons (Fsp3) is 0.831. The fourth-order valence-electron chi connectivity index (χ4n) is 9.20. The zero-order chi connectivity index (χ0) is 51.4. The van der Waals surface area contributed by atoms with Gasteiger partial charge < -0.3 is 14.2 Å². The summed E-state index contributed by atoms with van der Waals surface area (Å²) in [6.07, 6.45) is 74.3. The molecule has 414 valence electrons. The second-order valence-electron chi connectivity index (χ2n) is 21.0. The summed E-state index contributed by atoms with van der Waals surface area (Å²) in [5, 5.41) is 0. The lowest BCUT2D eigenvalue weighted by Gasteiger charge is -2.18. The van der Waals surface area contributed by atoms with Gasteiger partial charge in [-0.3, -0.25) is 14.4 Å². The minimum absolute atomic E-state index is 0.0857. The lowest BCUT2D eigenvalue weighted by Crippen LogP contribution is -2.30. The third-order valence-corrected chi connectivity index (χ3v) is 13.8. The van der Waals surface area contributed by atoms with Crippen LogP contribution in [0.2, 0.25) is 0 Å². The Balaban J connectivity index is 4.14. The zero-order valence-corrected chi connectivity index (χ0v) is 47.5. The van der Waals surface area contributed by atoms with E-state index >= 15 is 0 Å². The topological polar surface area (TPSA) is 78.9 Å². The molecule has 0 saturated heterocycles. The van der Waals surface area contributed by atoms with Gasteiger partial charge in [-0.25, -0.2) is 0 Å². The number of unbranched alkanes of at least 4 members (excludes halogenated alkanes) is 38. The Morgan fingerprint density at radius 1 is 0.296 bits per heavy atom. The third-order valence-electron chi connectivity index (χ3n) is 13.8. The normalized spacial score (nSPS) is 12.3. The highest BCUT2D eigenvalue weighted by atomic mass is 16.6. The average Bonchev–Trinajstić information content (AvgIpc) is 3.37. The summed E-state index contributed by atoms with van der Waals surface area (Å²) in [4.78, 5) is 38.1. The molecule has 0 aliphatic rings. The van der Waals surface area contributed by atoms with Gasteiger partial charge in [0, 0.05) is 19.3 Å². The number of carbonyl (C=O) groups is 3. The van der Waals surface area contributed by atoms with Gasteiger partial charge in [0.15, 0.2) is 6.10 Å². The van der Waals surface area contributed by atoms with Gasteiger partial charge in [-0.2, -0.15) is 0 Å². The molecule has 0 heterocycles. The third kappa shape index (κ3) is 58.1. The average molecular weight is 996 g/mol. The van der Waals surface area contributed by atoms with Crippen molar-refractivity contribution in [3.05, 3.63) is 48.6 Å². The molecule has 71 heavy (non-hydrogen) atoms. The zero-order valence-electron chi connectivity index (χ0n) is 47.5. The van der Waals surface area contributed by atoms with Gasteiger partial charge >= 0.3 is 17.9 Å². The molecule has 0 aromatic rings. The first-order valence-corrected chi connectivity index (χ1v) is 31.1. The van der Waals surface area contributed by atoms with E-state index in [4.69, 9.17) is 14.2 Å². The Bertz CT molecular complexity index is 1230. The van der Waals surface area contributed by atoms with Crippen molar-refractivity contribution < 1.29 is 28.6 Å². The fourth-order valence-corrected chi connectivity index (χ4v) is 9.20. The Kier molecular flexibility index (Phi) is 57.7. The quantitative estimate of drug-likeness (QED) is 0.0261. The first-order valence-electron chi connectivity index (χ1n) is 31.1. The first-order chi connectivity index (χ1) is 35.0. The second-order valence-corrected chi connectivity index (χ2v) is 21.0. The standard InChI is InChI=1S/C65H118O6/c1-4-7-10-13-16-19-22-24-26-27-28-29-30-31-32-33-34-35-36-37-38-40-41-43-46-49-52-55-58-64(67)70-61-62(60-69-63(66)57-54-51-48-45-21-18-15-12-9-6-3)71-65(68)59-56-53-50-47-44-42-39-25-23-20-17-14-11-8-5-2/h8,11,17,20,25,39,44,47,62H,4-7,9-10,12-16,18-19,21-24,26-38,40-43,45-46,48-61H2,1-3H3/b11-8-,20-17-,39-25-,47-44-. The number of carbonyl (C=O) groups excluding carboxylic acids is 3. The van der Waals surface area contributed by atoms with Crippen LogP contribution in [-0.4, -0.2) is 37.2 Å². The van der Waals surface area contributed by atoms with Crippen LogP contribution in [0, 0.1) is 0 Å². The Morgan fingerprint density at radius 2 is 0.549 bits per heavy atom. The molecule has 0 spiro atoms. The number of hydrogen-bond acceptors (Lipinski definition) is 6. The molecule has 6 nitrogen and oxygen atoms in total. The van der Waals surface area contributed by atoms with E-state index in [1.807, 2.05) is 0 Å². The molecule has 0 fully saturated rings. The van der Waals surface area contributed by atoms with Crippen molar-refractivity contribution in [1.29, 1.82) is 0 Å². The summed E-state index contributed by atoms with van der Waals surface area (Å²) in [7, 11) is 0. The smallest absolute Gasteiger partial charge is 0.306 e. The minimum atomic E-state index is -0.791. The van der Waals surface area contributed by atoms with Crippen LogP contribution in [0.5, 0.6) is 0 Å². The van der Waals surface area contributed by atoms with Crippen molar-refractivity contribution in [2.24, 2.45) is 0 Å². The van der Waals surface area contributed by atoms with E-state index in [1.165, 1.54) is 205 Å². The van der Waals surface area contributed by atoms with Gasteiger partial charge in [-0.1, -0.05) is 301 Å². The number of ether oxygens (including phenoxy) is 3. The molecule has 0 aliphatic heterocycles. The van der Waals surface area contributed by atoms with Crippen molar-refractivity contribution >= 4 is 17.9 Å². The highest BCUT2D eigenvalue weighted by Gasteiger charge is 2.19. The van der Waals surface area contributed by atoms with Gasteiger partial charge in [0.05, 0.1) is 0 Å². The molecule has 6 heteroatoms. The van der Waals surface area contributed by atoms with Gasteiger partial charge in [0.2, 0.25) is 0 Å². The van der Waals surface area contributed by atoms with Gasteiger partial charge in [-0.05, 0) is 57.8 Å². The number of allylic oxidation sites excluding steroid dienone is 8. The van der Waals surface area contributed by atoms with Crippen LogP contribution in [-0.2, 0) is 28.6 Å². The molecule has 0 amide bonds. The molecule has 1 unspecified atom stereocenters. The summed E-state index contributed by atoms with van der Waals surface area (Å²) in [5.41, 5.74) is 0. The van der Waals surface area contributed by atoms with Crippen LogP contribution >= 0.6 is 0 Å². The van der Waals surface area contributed by atoms with Crippen LogP contribution in [0.15, 0.2) is 48.6 Å². The molecule has 0 N–H and O–H groups in total. The molecule has 1 atom stereocenters. The van der Waals surface area contributed by atoms with Crippen molar-refractivity contribution in [3.8, 4) is 0 Å². The summed E-state index contributed by atoms with van der Waals surface area (Å²) in [6.45, 7) is 6.52. The largest absolute Gasteiger partial charge is 0.462 e. The van der Waals surface area contributed by atoms with Crippen LogP contribution in [0.1, 0.15) is 329 Å². The maximum atomic E-state index is 12.8. The van der Waals surface area contributed by atoms with Crippen LogP contribution < -0.4 is 0 Å². The van der Waals surface area contributed by atoms with Crippen molar-refractivity contribution in [1.82, 2.24) is 0 Å². The molecule has 0 radical (unpaired) electrons. The van der Waals surface area contributed by atoms with Gasteiger partial charge in [-0.15, -0.1) is 0 Å². The Hall–Kier alpha value is -2.63. The van der Waals surface area contributed by atoms with Gasteiger partial charge in [0.25, 0.3) is 0 Å². The molecular weight excluding hydrogens is 877 g/mol. The van der Waals surface area contributed by atoms with E-state index in [-0.39, 0.29) is 37.5 Å².